The topological polar surface area (TPSA) is 109 Å². The molecule has 0 spiro atoms. The number of nitrogens with two attached hydrogens (primary N) is 1. The zero-order valence-corrected chi connectivity index (χ0v) is 18.7. The minimum Gasteiger partial charge on any atom is -0.368 e. The lowest BCUT2D eigenvalue weighted by Crippen LogP contribution is -2.49. The van der Waals surface area contributed by atoms with Gasteiger partial charge in [-0.15, -0.1) is 0 Å². The lowest BCUT2D eigenvalue weighted by molar-refractivity contribution is 0.141. The van der Waals surface area contributed by atoms with Crippen molar-refractivity contribution in [3.8, 4) is 0 Å². The number of nitrogen functional groups attached to an aromatic ring is 1. The summed E-state index contributed by atoms with van der Waals surface area (Å²) in [6, 6.07) is 12.9. The van der Waals surface area contributed by atoms with Gasteiger partial charge >= 0.3 is 0 Å². The first-order chi connectivity index (χ1) is 14.8. The van der Waals surface area contributed by atoms with Crippen molar-refractivity contribution < 1.29 is 8.42 Å². The lowest BCUT2D eigenvalue weighted by Gasteiger charge is -2.36. The molecule has 1 aliphatic heterocycles. The van der Waals surface area contributed by atoms with Crippen molar-refractivity contribution in [1.29, 1.82) is 0 Å². The number of hydrogen-bond donors (Lipinski definition) is 1. The molecule has 10 heteroatoms. The van der Waals surface area contributed by atoms with Gasteiger partial charge in [0.1, 0.15) is 0 Å². The Balaban J connectivity index is 1.48. The average molecular weight is 442 g/mol. The van der Waals surface area contributed by atoms with Gasteiger partial charge in [0.05, 0.1) is 10.9 Å². The van der Waals surface area contributed by atoms with Crippen LogP contribution in [0.15, 0.2) is 47.4 Å². The number of sulfonamides is 1. The Labute approximate surface area is 182 Å². The van der Waals surface area contributed by atoms with Crippen LogP contribution in [0.1, 0.15) is 18.8 Å². The minimum absolute atomic E-state index is 0.102. The zero-order chi connectivity index (χ0) is 22.2. The van der Waals surface area contributed by atoms with Gasteiger partial charge in [-0.05, 0) is 29.8 Å². The molecular formula is C21H27N7O2S. The highest BCUT2D eigenvalue weighted by Gasteiger charge is 2.31. The van der Waals surface area contributed by atoms with Crippen molar-refractivity contribution in [2.75, 3.05) is 50.9 Å². The van der Waals surface area contributed by atoms with Gasteiger partial charge in [-0.25, -0.2) is 8.42 Å². The van der Waals surface area contributed by atoms with Gasteiger partial charge in [0.15, 0.2) is 5.82 Å². The van der Waals surface area contributed by atoms with Crippen molar-refractivity contribution in [3.05, 3.63) is 48.3 Å². The highest BCUT2D eigenvalue weighted by molar-refractivity contribution is 7.89. The molecule has 1 atom stereocenters. The Morgan fingerprint density at radius 1 is 0.968 bits per heavy atom. The van der Waals surface area contributed by atoms with Crippen molar-refractivity contribution in [2.24, 2.45) is 0 Å². The summed E-state index contributed by atoms with van der Waals surface area (Å²) in [6.07, 6.45) is 0. The predicted octanol–water partition coefficient (Wildman–Crippen LogP) is 1.74. The van der Waals surface area contributed by atoms with Crippen molar-refractivity contribution in [3.63, 3.8) is 0 Å². The summed E-state index contributed by atoms with van der Waals surface area (Å²) in [5.41, 5.74) is 5.85. The third-order valence-electron chi connectivity index (χ3n) is 5.61. The van der Waals surface area contributed by atoms with E-state index in [0.717, 1.165) is 10.8 Å². The molecule has 1 aromatic heterocycles. The van der Waals surface area contributed by atoms with Crippen LogP contribution in [-0.4, -0.2) is 72.8 Å². The maximum absolute atomic E-state index is 13.2. The van der Waals surface area contributed by atoms with E-state index in [1.54, 1.807) is 21.3 Å². The van der Waals surface area contributed by atoms with Crippen molar-refractivity contribution in [1.82, 2.24) is 24.2 Å². The number of anilines is 2. The molecule has 0 radical (unpaired) electrons. The van der Waals surface area contributed by atoms with Crippen LogP contribution >= 0.6 is 0 Å². The summed E-state index contributed by atoms with van der Waals surface area (Å²) >= 11 is 0. The summed E-state index contributed by atoms with van der Waals surface area (Å²) < 4.78 is 27.9. The number of piperazine rings is 1. The first-order valence-corrected chi connectivity index (χ1v) is 11.6. The molecule has 164 valence electrons. The molecule has 1 saturated heterocycles. The van der Waals surface area contributed by atoms with Crippen molar-refractivity contribution in [2.45, 2.75) is 17.9 Å². The Kier molecular flexibility index (Phi) is 5.78. The molecule has 3 aromatic rings. The SMILES string of the molecule is C[C@@H](c1nc(N)nc(N(C)C)n1)N1CCN(S(=O)(=O)c2ccc3ccccc3c2)CC1. The van der Waals surface area contributed by atoms with Gasteiger partial charge < -0.3 is 10.6 Å². The highest BCUT2D eigenvalue weighted by atomic mass is 32.2. The van der Waals surface area contributed by atoms with E-state index in [4.69, 9.17) is 5.73 Å². The molecule has 0 unspecified atom stereocenters. The number of fused-ring (bicyclic) bond motifs is 1. The van der Waals surface area contributed by atoms with Crippen LogP contribution < -0.4 is 10.6 Å². The molecule has 2 N–H and O–H groups in total. The number of aromatic nitrogens is 3. The molecule has 0 amide bonds. The molecule has 2 heterocycles. The van der Waals surface area contributed by atoms with Gasteiger partial charge in [0.2, 0.25) is 21.9 Å². The van der Waals surface area contributed by atoms with E-state index < -0.39 is 10.0 Å². The molecular weight excluding hydrogens is 414 g/mol. The highest BCUT2D eigenvalue weighted by Crippen LogP contribution is 2.25. The molecule has 2 aromatic carbocycles. The van der Waals surface area contributed by atoms with E-state index in [9.17, 15) is 8.42 Å². The van der Waals surface area contributed by atoms with Crippen LogP contribution in [0.4, 0.5) is 11.9 Å². The normalized spacial score (nSPS) is 17.0. The van der Waals surface area contributed by atoms with Crippen LogP contribution in [0.2, 0.25) is 0 Å². The molecule has 9 nitrogen and oxygen atoms in total. The Morgan fingerprint density at radius 2 is 1.65 bits per heavy atom. The fourth-order valence-electron chi connectivity index (χ4n) is 3.76. The van der Waals surface area contributed by atoms with Gasteiger partial charge in [0.25, 0.3) is 0 Å². The quantitative estimate of drug-likeness (QED) is 0.638. The molecule has 31 heavy (non-hydrogen) atoms. The number of nitrogens with zero attached hydrogens (tertiary/aromatic N) is 6. The second kappa shape index (κ2) is 8.37. The minimum atomic E-state index is -3.55. The van der Waals surface area contributed by atoms with E-state index in [1.807, 2.05) is 51.4 Å². The molecule has 0 bridgehead atoms. The average Bonchev–Trinajstić information content (AvgIpc) is 2.77. The van der Waals surface area contributed by atoms with E-state index >= 15 is 0 Å². The molecule has 1 fully saturated rings. The first kappa shape index (κ1) is 21.4. The first-order valence-electron chi connectivity index (χ1n) is 10.2. The summed E-state index contributed by atoms with van der Waals surface area (Å²) in [4.78, 5) is 17.2. The summed E-state index contributed by atoms with van der Waals surface area (Å²) in [7, 11) is 0.141. The summed E-state index contributed by atoms with van der Waals surface area (Å²) in [6.45, 7) is 3.97. The molecule has 0 aliphatic carbocycles. The lowest BCUT2D eigenvalue weighted by atomic mass is 10.1. The maximum atomic E-state index is 13.2. The van der Waals surface area contributed by atoms with Crippen LogP contribution in [0.5, 0.6) is 0 Å². The van der Waals surface area contributed by atoms with Crippen LogP contribution in [-0.2, 0) is 10.0 Å². The fourth-order valence-corrected chi connectivity index (χ4v) is 5.21. The van der Waals surface area contributed by atoms with Gasteiger partial charge in [0, 0.05) is 40.3 Å². The van der Waals surface area contributed by atoms with E-state index in [-0.39, 0.29) is 12.0 Å². The summed E-state index contributed by atoms with van der Waals surface area (Å²) in [5.74, 6) is 1.27. The maximum Gasteiger partial charge on any atom is 0.243 e. The van der Waals surface area contributed by atoms with E-state index in [2.05, 4.69) is 19.9 Å². The van der Waals surface area contributed by atoms with Gasteiger partial charge in [-0.2, -0.15) is 19.3 Å². The third-order valence-corrected chi connectivity index (χ3v) is 7.51. The van der Waals surface area contributed by atoms with E-state index in [0.29, 0.717) is 42.8 Å². The third kappa shape index (κ3) is 4.32. The second-order valence-corrected chi connectivity index (χ2v) is 9.81. The smallest absolute Gasteiger partial charge is 0.243 e. The molecule has 0 saturated carbocycles. The Morgan fingerprint density at radius 3 is 2.32 bits per heavy atom. The number of rotatable bonds is 5. The Bertz CT molecular complexity index is 1190. The monoisotopic (exact) mass is 441 g/mol. The number of hydrogen-bond acceptors (Lipinski definition) is 8. The van der Waals surface area contributed by atoms with E-state index in [1.165, 1.54) is 0 Å². The zero-order valence-electron chi connectivity index (χ0n) is 17.9. The standard InChI is InChI=1S/C21H27N7O2S/c1-15(19-23-20(22)25-21(24-19)26(2)3)27-10-12-28(13-11-27)31(29,30)18-9-8-16-6-4-5-7-17(16)14-18/h4-9,14-15H,10-13H2,1-3H3,(H2,22,23,24,25)/t15-/m0/s1. The molecule has 4 rings (SSSR count). The second-order valence-electron chi connectivity index (χ2n) is 7.87. The van der Waals surface area contributed by atoms with Crippen LogP contribution in [0.3, 0.4) is 0 Å². The fraction of sp³-hybridized carbons (Fsp3) is 0.381. The summed E-state index contributed by atoms with van der Waals surface area (Å²) in [5, 5.41) is 1.94. The van der Waals surface area contributed by atoms with Gasteiger partial charge in [-0.1, -0.05) is 30.3 Å². The van der Waals surface area contributed by atoms with Crippen molar-refractivity contribution >= 4 is 32.7 Å². The number of benzene rings is 2. The van der Waals surface area contributed by atoms with Crippen LogP contribution in [0.25, 0.3) is 10.8 Å². The molecule has 1 aliphatic rings. The van der Waals surface area contributed by atoms with Crippen LogP contribution in [0, 0.1) is 0 Å². The van der Waals surface area contributed by atoms with Gasteiger partial charge in [-0.3, -0.25) is 4.90 Å². The largest absolute Gasteiger partial charge is 0.368 e. The Hall–Kier alpha value is -2.82. The predicted molar refractivity (Wildman–Crippen MR) is 121 cm³/mol.